The molecule has 6 rings (SSSR count). The van der Waals surface area contributed by atoms with Gasteiger partial charge in [-0.05, 0) is 113 Å². The topological polar surface area (TPSA) is 100.0 Å². The molecule has 8 nitrogen and oxygen atoms in total. The summed E-state index contributed by atoms with van der Waals surface area (Å²) in [4.78, 5) is 12.2. The van der Waals surface area contributed by atoms with E-state index >= 15 is 0 Å². The third-order valence-corrected chi connectivity index (χ3v) is 8.38. The average Bonchev–Trinajstić information content (AvgIpc) is 3.54. The van der Waals surface area contributed by atoms with Gasteiger partial charge in [0.1, 0.15) is 28.6 Å². The number of hydrogen-bond acceptors (Lipinski definition) is 5. The summed E-state index contributed by atoms with van der Waals surface area (Å²) in [5.41, 5.74) is 6.34. The van der Waals surface area contributed by atoms with E-state index in [0.717, 1.165) is 24.3 Å². The molecule has 0 aliphatic rings. The Hall–Kier alpha value is -5.09. The van der Waals surface area contributed by atoms with Crippen molar-refractivity contribution < 1.29 is 35.9 Å². The monoisotopic (exact) mass is 834 g/mol. The van der Waals surface area contributed by atoms with Crippen LogP contribution in [0, 0.1) is 34.9 Å². The summed E-state index contributed by atoms with van der Waals surface area (Å²) >= 11 is 6.58. The predicted molar refractivity (Wildman–Crippen MR) is 187 cm³/mol. The van der Waals surface area contributed by atoms with Crippen LogP contribution in [-0.2, 0) is 4.74 Å². The largest absolute Gasteiger partial charge is 0.444 e. The molecule has 3 N–H and O–H groups in total. The van der Waals surface area contributed by atoms with Crippen molar-refractivity contribution >= 4 is 49.6 Å². The van der Waals surface area contributed by atoms with Crippen LogP contribution in [0.5, 0.6) is 0 Å². The molecule has 0 aliphatic heterocycles. The Labute approximate surface area is 304 Å². The third kappa shape index (κ3) is 8.28. The van der Waals surface area contributed by atoms with E-state index in [4.69, 9.17) is 10.5 Å². The molecular weight excluding hydrogens is 810 g/mol. The molecule has 0 spiro atoms. The highest BCUT2D eigenvalue weighted by Gasteiger charge is 2.25. The van der Waals surface area contributed by atoms with Crippen molar-refractivity contribution in [3.63, 3.8) is 0 Å². The number of nitrogens with zero attached hydrogens (tertiary/aromatic N) is 4. The van der Waals surface area contributed by atoms with E-state index in [1.165, 1.54) is 57.9 Å². The summed E-state index contributed by atoms with van der Waals surface area (Å²) in [7, 11) is 0. The highest BCUT2D eigenvalue weighted by molar-refractivity contribution is 9.11. The Balaban J connectivity index is 0.000000205. The molecule has 264 valence electrons. The van der Waals surface area contributed by atoms with E-state index < -0.39 is 46.6 Å². The molecule has 1 amide bonds. The summed E-state index contributed by atoms with van der Waals surface area (Å²) in [6.07, 6.45) is -0.770. The number of carbonyl (C=O) groups excluding carboxylic acids is 1. The van der Waals surface area contributed by atoms with Gasteiger partial charge in [-0.25, -0.2) is 40.5 Å². The zero-order valence-corrected chi connectivity index (χ0v) is 30.0. The number of ether oxygens (including phenoxy) is 1. The van der Waals surface area contributed by atoms with Gasteiger partial charge in [-0.15, -0.1) is 10.2 Å². The highest BCUT2D eigenvalue weighted by atomic mass is 79.9. The lowest BCUT2D eigenvalue weighted by atomic mass is 10.1. The normalized spacial score (nSPS) is 11.2. The fourth-order valence-electron chi connectivity index (χ4n) is 4.68. The first-order valence-electron chi connectivity index (χ1n) is 14.8. The van der Waals surface area contributed by atoms with Crippen molar-refractivity contribution in [1.29, 1.82) is 0 Å². The molecule has 2 heterocycles. The number of nitrogens with two attached hydrogens (primary N) is 1. The smallest absolute Gasteiger partial charge is 0.413 e. The second kappa shape index (κ2) is 15.0. The van der Waals surface area contributed by atoms with E-state index in [2.05, 4.69) is 47.4 Å². The molecule has 0 radical (unpaired) electrons. The van der Waals surface area contributed by atoms with Crippen molar-refractivity contribution in [2.24, 2.45) is 0 Å². The number of aromatic nitrogens is 4. The van der Waals surface area contributed by atoms with Gasteiger partial charge in [-0.1, -0.05) is 24.3 Å². The first-order valence-corrected chi connectivity index (χ1v) is 16.4. The lowest BCUT2D eigenvalue weighted by Crippen LogP contribution is -2.27. The summed E-state index contributed by atoms with van der Waals surface area (Å²) < 4.78 is 90.5. The zero-order valence-electron chi connectivity index (χ0n) is 26.8. The molecule has 16 heteroatoms. The van der Waals surface area contributed by atoms with Crippen LogP contribution >= 0.6 is 31.9 Å². The fourth-order valence-corrected chi connectivity index (χ4v) is 5.73. The predicted octanol–water partition coefficient (Wildman–Crippen LogP) is 10.4. The number of rotatable bonds is 5. The van der Waals surface area contributed by atoms with E-state index in [0.29, 0.717) is 15.7 Å². The number of para-hydroxylation sites is 2. The van der Waals surface area contributed by atoms with Crippen molar-refractivity contribution in [2.75, 3.05) is 11.1 Å². The van der Waals surface area contributed by atoms with Crippen LogP contribution in [0.1, 0.15) is 20.8 Å². The number of carbonyl (C=O) groups is 1. The molecule has 0 atom stereocenters. The number of halogens is 8. The van der Waals surface area contributed by atoms with Crippen LogP contribution in [0.2, 0.25) is 0 Å². The lowest BCUT2D eigenvalue weighted by Gasteiger charge is -2.19. The summed E-state index contributed by atoms with van der Waals surface area (Å²) in [5, 5.41) is 10.8. The van der Waals surface area contributed by atoms with Crippen molar-refractivity contribution in [2.45, 2.75) is 26.4 Å². The molecule has 51 heavy (non-hydrogen) atoms. The molecule has 0 bridgehead atoms. The van der Waals surface area contributed by atoms with Crippen LogP contribution in [0.4, 0.5) is 42.8 Å². The van der Waals surface area contributed by atoms with Gasteiger partial charge in [-0.2, -0.15) is 0 Å². The lowest BCUT2D eigenvalue weighted by molar-refractivity contribution is 0.0635. The van der Waals surface area contributed by atoms with Crippen LogP contribution < -0.4 is 11.1 Å². The van der Waals surface area contributed by atoms with Gasteiger partial charge in [0, 0.05) is 11.1 Å². The van der Waals surface area contributed by atoms with Crippen molar-refractivity contribution in [1.82, 2.24) is 19.6 Å². The van der Waals surface area contributed by atoms with Crippen LogP contribution in [0.25, 0.3) is 33.9 Å². The maximum Gasteiger partial charge on any atom is 0.413 e. The minimum absolute atomic E-state index is 0.0298. The van der Waals surface area contributed by atoms with Gasteiger partial charge in [0.15, 0.2) is 34.9 Å². The van der Waals surface area contributed by atoms with Gasteiger partial charge in [0.05, 0.1) is 20.3 Å². The summed E-state index contributed by atoms with van der Waals surface area (Å²) in [6, 6.07) is 18.4. The maximum atomic E-state index is 14.4. The standard InChI is InChI=1S/C20H17BrF3N3O2.C15H9BrF3N3/c1-20(2,3)29-19(28)25-18-16(21)17(11-8-9-12(22)14(24)10-11)27(26-18)15-7-5-4-6-13(15)23;16-13-14(8-5-6-9(17)11(19)7-8)22(21-15(13)20)12-4-2-1-3-10(12)18/h4-10H,1-3H3,(H,25,26,28);1-7H,(H2,20,21). The number of amides is 1. The first-order chi connectivity index (χ1) is 24.1. The Bertz CT molecular complexity index is 2250. The average molecular weight is 836 g/mol. The number of benzene rings is 4. The second-order valence-corrected chi connectivity index (χ2v) is 13.3. The third-order valence-electron chi connectivity index (χ3n) is 6.85. The van der Waals surface area contributed by atoms with E-state index in [1.54, 1.807) is 32.9 Å². The van der Waals surface area contributed by atoms with E-state index in [9.17, 15) is 31.1 Å². The zero-order chi connectivity index (χ0) is 37.2. The Morgan fingerprint density at radius 2 is 1.12 bits per heavy atom. The highest BCUT2D eigenvalue weighted by Crippen LogP contribution is 2.38. The van der Waals surface area contributed by atoms with Gasteiger partial charge >= 0.3 is 6.09 Å². The van der Waals surface area contributed by atoms with Crippen LogP contribution in [0.3, 0.4) is 0 Å². The Kier molecular flexibility index (Phi) is 11.0. The van der Waals surface area contributed by atoms with Gasteiger partial charge in [0.25, 0.3) is 0 Å². The summed E-state index contributed by atoms with van der Waals surface area (Å²) in [5.74, 6) is -5.03. The SMILES string of the molecule is CC(C)(C)OC(=O)Nc1nn(-c2ccccc2F)c(-c2ccc(F)c(F)c2)c1Br.Nc1nn(-c2ccccc2F)c(-c2ccc(F)c(F)c2)c1Br. The van der Waals surface area contributed by atoms with Gasteiger partial charge in [-0.3, -0.25) is 5.32 Å². The number of anilines is 2. The van der Waals surface area contributed by atoms with Crippen LogP contribution in [-0.4, -0.2) is 31.3 Å². The molecular formula is C35H26Br2F6N6O2. The van der Waals surface area contributed by atoms with Crippen LogP contribution in [0.15, 0.2) is 93.9 Å². The molecule has 6 aromatic rings. The van der Waals surface area contributed by atoms with Gasteiger partial charge in [0.2, 0.25) is 0 Å². The minimum atomic E-state index is -1.07. The molecule has 0 saturated carbocycles. The molecule has 0 saturated heterocycles. The van der Waals surface area contributed by atoms with Gasteiger partial charge < -0.3 is 10.5 Å². The van der Waals surface area contributed by atoms with Crippen molar-refractivity contribution in [3.8, 4) is 33.9 Å². The molecule has 0 aliphatic carbocycles. The number of nitrogens with one attached hydrogen (secondary N) is 1. The maximum absolute atomic E-state index is 14.4. The van der Waals surface area contributed by atoms with E-state index in [-0.39, 0.29) is 38.7 Å². The Morgan fingerprint density at radius 1 is 0.667 bits per heavy atom. The Morgan fingerprint density at radius 3 is 1.57 bits per heavy atom. The fraction of sp³-hybridized carbons (Fsp3) is 0.114. The number of nitrogen functional groups attached to an aromatic ring is 1. The molecule has 0 fully saturated rings. The van der Waals surface area contributed by atoms with Crippen molar-refractivity contribution in [3.05, 3.63) is 129 Å². The molecule has 0 unspecified atom stereocenters. The second-order valence-electron chi connectivity index (χ2n) is 11.7. The quantitative estimate of drug-likeness (QED) is 0.169. The minimum Gasteiger partial charge on any atom is -0.444 e. The van der Waals surface area contributed by atoms with E-state index in [1.807, 2.05) is 0 Å². The number of hydrogen-bond donors (Lipinski definition) is 2. The molecule has 2 aromatic heterocycles. The molecule has 4 aromatic carbocycles. The summed E-state index contributed by atoms with van der Waals surface area (Å²) in [6.45, 7) is 5.10. The first kappa shape index (κ1) is 37.2.